The second-order valence-electron chi connectivity index (χ2n) is 8.94. The summed E-state index contributed by atoms with van der Waals surface area (Å²) in [6.45, 7) is -1.70. The fourth-order valence-electron chi connectivity index (χ4n) is 4.66. The van der Waals surface area contributed by atoms with E-state index in [-0.39, 0.29) is 34.2 Å². The lowest BCUT2D eigenvalue weighted by atomic mass is 10.0. The van der Waals surface area contributed by atoms with Crippen molar-refractivity contribution in [3.05, 3.63) is 62.6 Å². The molecule has 0 aliphatic carbocycles. The third-order valence-corrected chi connectivity index (χ3v) is 6.68. The van der Waals surface area contributed by atoms with Crippen LogP contribution in [0.5, 0.6) is 17.2 Å². The number of likely N-dealkylation sites (tertiary alicyclic amines) is 1. The van der Waals surface area contributed by atoms with Crippen LogP contribution < -0.4 is 25.5 Å². The Morgan fingerprint density at radius 3 is 2.29 bits per heavy atom. The Hall–Kier alpha value is -3.96. The fourth-order valence-corrected chi connectivity index (χ4v) is 4.66. The minimum atomic E-state index is -1.34. The summed E-state index contributed by atoms with van der Waals surface area (Å²) in [5.74, 6) is -0.278. The van der Waals surface area contributed by atoms with E-state index in [1.165, 1.54) is 43.1 Å². The van der Waals surface area contributed by atoms with Gasteiger partial charge in [0.05, 0.1) is 31.7 Å². The monoisotopic (exact) mass is 535 g/mol. The second kappa shape index (κ2) is 11.6. The van der Waals surface area contributed by atoms with E-state index in [9.17, 15) is 27.6 Å². The van der Waals surface area contributed by atoms with Crippen molar-refractivity contribution in [2.75, 3.05) is 40.7 Å². The molecule has 0 N–H and O–H groups in total. The van der Waals surface area contributed by atoms with Gasteiger partial charge in [-0.25, -0.2) is 18.0 Å². The second-order valence-corrected chi connectivity index (χ2v) is 8.94. The maximum absolute atomic E-state index is 14.9. The molecule has 1 fully saturated rings. The normalized spacial score (nSPS) is 14.2. The zero-order valence-corrected chi connectivity index (χ0v) is 21.0. The molecule has 2 heterocycles. The van der Waals surface area contributed by atoms with Crippen molar-refractivity contribution in [2.24, 2.45) is 0 Å². The maximum atomic E-state index is 14.9. The van der Waals surface area contributed by atoms with Crippen LogP contribution in [0.1, 0.15) is 24.4 Å². The first-order valence-electron chi connectivity index (χ1n) is 12.0. The Labute approximate surface area is 215 Å². The van der Waals surface area contributed by atoms with E-state index in [0.29, 0.717) is 31.4 Å². The van der Waals surface area contributed by atoms with Gasteiger partial charge in [-0.05, 0) is 37.1 Å². The number of amides is 1. The molecule has 3 aromatic rings. The highest BCUT2D eigenvalue weighted by Crippen LogP contribution is 2.30. The Bertz CT molecular complexity index is 1430. The van der Waals surface area contributed by atoms with Crippen LogP contribution in [0, 0.1) is 5.82 Å². The number of piperidine rings is 1. The van der Waals surface area contributed by atoms with Crippen LogP contribution in [0.4, 0.5) is 13.2 Å². The number of carbonyl (C=O) groups excluding carboxylic acids is 1. The molecule has 38 heavy (non-hydrogen) atoms. The lowest BCUT2D eigenvalue weighted by Gasteiger charge is -2.31. The zero-order chi connectivity index (χ0) is 27.4. The molecule has 9 nitrogen and oxygen atoms in total. The van der Waals surface area contributed by atoms with Gasteiger partial charge in [-0.3, -0.25) is 18.7 Å². The highest BCUT2D eigenvalue weighted by atomic mass is 19.1. The molecule has 0 radical (unpaired) electrons. The van der Waals surface area contributed by atoms with Gasteiger partial charge in [0.25, 0.3) is 5.56 Å². The van der Waals surface area contributed by atoms with Crippen molar-refractivity contribution in [2.45, 2.75) is 31.5 Å². The molecule has 0 spiro atoms. The summed E-state index contributed by atoms with van der Waals surface area (Å²) in [5, 5.41) is 0.0669. The van der Waals surface area contributed by atoms with E-state index < -0.39 is 43.1 Å². The molecule has 1 saturated heterocycles. The number of hydrogen-bond donors (Lipinski definition) is 0. The number of ether oxygens (including phenoxy) is 3. The molecule has 1 aliphatic heterocycles. The largest absolute Gasteiger partial charge is 0.493 e. The fraction of sp³-hybridized carbons (Fsp3) is 0.423. The van der Waals surface area contributed by atoms with Crippen molar-refractivity contribution in [3.8, 4) is 17.2 Å². The van der Waals surface area contributed by atoms with E-state index in [0.717, 1.165) is 17.0 Å². The summed E-state index contributed by atoms with van der Waals surface area (Å²) in [5.41, 5.74) is -1.05. The van der Waals surface area contributed by atoms with Gasteiger partial charge in [0.2, 0.25) is 6.41 Å². The molecule has 0 bridgehead atoms. The quantitative estimate of drug-likeness (QED) is 0.371. The minimum absolute atomic E-state index is 0.0193. The number of fused-ring (bicyclic) bond motifs is 1. The lowest BCUT2D eigenvalue weighted by Crippen LogP contribution is -2.44. The molecule has 1 aliphatic rings. The minimum Gasteiger partial charge on any atom is -0.493 e. The molecule has 0 unspecified atom stereocenters. The molecule has 4 rings (SSSR count). The average molecular weight is 536 g/mol. The summed E-state index contributed by atoms with van der Waals surface area (Å²) >= 11 is 0. The number of alkyl halides is 2. The predicted molar refractivity (Wildman–Crippen MR) is 133 cm³/mol. The number of rotatable bonds is 10. The van der Waals surface area contributed by atoms with Crippen LogP contribution in [0.25, 0.3) is 10.9 Å². The van der Waals surface area contributed by atoms with Crippen LogP contribution in [0.2, 0.25) is 0 Å². The van der Waals surface area contributed by atoms with Gasteiger partial charge in [0.15, 0.2) is 17.6 Å². The molecule has 1 amide bonds. The molecule has 2 aromatic carbocycles. The van der Waals surface area contributed by atoms with Crippen molar-refractivity contribution < 1.29 is 32.2 Å². The van der Waals surface area contributed by atoms with Crippen molar-refractivity contribution in [1.82, 2.24) is 14.0 Å². The summed E-state index contributed by atoms with van der Waals surface area (Å²) in [6.07, 6.45) is 0.323. The highest BCUT2D eigenvalue weighted by molar-refractivity contribution is 5.80. The summed E-state index contributed by atoms with van der Waals surface area (Å²) in [6, 6.07) is 6.37. The first-order valence-corrected chi connectivity index (χ1v) is 12.0. The van der Waals surface area contributed by atoms with Gasteiger partial charge < -0.3 is 19.1 Å². The van der Waals surface area contributed by atoms with Crippen LogP contribution in [-0.2, 0) is 11.3 Å². The average Bonchev–Trinajstić information content (AvgIpc) is 2.95. The van der Waals surface area contributed by atoms with Crippen LogP contribution in [0.15, 0.2) is 39.9 Å². The number of benzene rings is 2. The smallest absolute Gasteiger partial charge is 0.332 e. The first-order chi connectivity index (χ1) is 18.3. The first kappa shape index (κ1) is 27.1. The van der Waals surface area contributed by atoms with E-state index in [1.807, 2.05) is 0 Å². The number of aromatic nitrogens is 2. The zero-order valence-electron chi connectivity index (χ0n) is 21.0. The van der Waals surface area contributed by atoms with E-state index in [4.69, 9.17) is 14.2 Å². The van der Waals surface area contributed by atoms with E-state index in [2.05, 4.69) is 0 Å². The molecular formula is C26H28F3N3O6. The van der Waals surface area contributed by atoms with Crippen LogP contribution >= 0.6 is 0 Å². The third-order valence-electron chi connectivity index (χ3n) is 6.68. The molecule has 1 aromatic heterocycles. The van der Waals surface area contributed by atoms with Crippen molar-refractivity contribution in [1.29, 1.82) is 0 Å². The topological polar surface area (TPSA) is 92.0 Å². The van der Waals surface area contributed by atoms with E-state index >= 15 is 0 Å². The van der Waals surface area contributed by atoms with Crippen molar-refractivity contribution >= 4 is 17.3 Å². The van der Waals surface area contributed by atoms with Gasteiger partial charge in [-0.15, -0.1) is 0 Å². The molecule has 0 saturated carbocycles. The summed E-state index contributed by atoms with van der Waals surface area (Å²) in [7, 11) is 2.74. The SMILES string of the molecule is COc1cc(F)c(Cn2c(=O)c3cc(OC(CF)CF)ccc3n(C3CCN(C=O)CC3)c2=O)cc1OC. The number of carbonyl (C=O) groups is 1. The Morgan fingerprint density at radius 2 is 1.68 bits per heavy atom. The van der Waals surface area contributed by atoms with Crippen LogP contribution in [0.3, 0.4) is 0 Å². The van der Waals surface area contributed by atoms with Gasteiger partial charge in [-0.1, -0.05) is 0 Å². The Morgan fingerprint density at radius 1 is 1.03 bits per heavy atom. The highest BCUT2D eigenvalue weighted by Gasteiger charge is 2.25. The Balaban J connectivity index is 1.88. The van der Waals surface area contributed by atoms with Gasteiger partial charge in [-0.2, -0.15) is 0 Å². The van der Waals surface area contributed by atoms with Gasteiger partial charge in [0.1, 0.15) is 24.9 Å². The van der Waals surface area contributed by atoms with Gasteiger partial charge in [0, 0.05) is 30.8 Å². The van der Waals surface area contributed by atoms with E-state index in [1.54, 1.807) is 4.90 Å². The number of hydrogen-bond acceptors (Lipinski definition) is 6. The molecule has 12 heteroatoms. The van der Waals surface area contributed by atoms with Crippen LogP contribution in [-0.4, -0.2) is 67.2 Å². The standard InChI is InChI=1S/C26H28F3N3O6/c1-36-23-9-16(21(29)11-24(23)37-2)14-31-25(34)20-10-18(38-19(12-27)13-28)3-4-22(20)32(26(31)35)17-5-7-30(15-33)8-6-17/h3-4,9-11,15,17,19H,5-8,12-14H2,1-2H3. The lowest BCUT2D eigenvalue weighted by molar-refractivity contribution is -0.119. The number of nitrogens with zero attached hydrogens (tertiary/aromatic N) is 3. The maximum Gasteiger partial charge on any atom is 0.332 e. The number of halogens is 3. The molecular weight excluding hydrogens is 507 g/mol. The summed E-state index contributed by atoms with van der Waals surface area (Å²) < 4.78 is 59.1. The molecule has 0 atom stereocenters. The molecule has 204 valence electrons. The summed E-state index contributed by atoms with van der Waals surface area (Å²) in [4.78, 5) is 40.1. The number of methoxy groups -OCH3 is 2. The van der Waals surface area contributed by atoms with Crippen molar-refractivity contribution in [3.63, 3.8) is 0 Å². The predicted octanol–water partition coefficient (Wildman–Crippen LogP) is 2.85. The van der Waals surface area contributed by atoms with Gasteiger partial charge >= 0.3 is 5.69 Å². The third kappa shape index (κ3) is 5.20. The Kier molecular flexibility index (Phi) is 8.28.